The van der Waals surface area contributed by atoms with E-state index in [-0.39, 0.29) is 10.8 Å². The van der Waals surface area contributed by atoms with Crippen LogP contribution >= 0.6 is 0 Å². The molecular weight excluding hydrogens is 300 g/mol. The molecule has 0 amide bonds. The van der Waals surface area contributed by atoms with Crippen LogP contribution in [0.1, 0.15) is 31.0 Å². The number of sulfonamides is 1. The van der Waals surface area contributed by atoms with Crippen LogP contribution in [0.15, 0.2) is 41.4 Å². The van der Waals surface area contributed by atoms with Crippen LogP contribution in [0.3, 0.4) is 0 Å². The third kappa shape index (κ3) is 3.57. The Morgan fingerprint density at radius 3 is 2.50 bits per heavy atom. The van der Waals surface area contributed by atoms with Crippen molar-refractivity contribution < 1.29 is 13.2 Å². The molecule has 22 heavy (non-hydrogen) atoms. The van der Waals surface area contributed by atoms with Crippen LogP contribution in [0.5, 0.6) is 5.75 Å². The third-order valence-corrected chi connectivity index (χ3v) is 4.66. The molecule has 0 aliphatic heterocycles. The molecule has 0 fully saturated rings. The van der Waals surface area contributed by atoms with Crippen LogP contribution in [-0.2, 0) is 10.0 Å². The lowest BCUT2D eigenvalue weighted by molar-refractivity contribution is 0.407. The van der Waals surface area contributed by atoms with E-state index in [1.54, 1.807) is 43.6 Å². The van der Waals surface area contributed by atoms with Crippen LogP contribution < -0.4 is 9.46 Å². The summed E-state index contributed by atoms with van der Waals surface area (Å²) in [6, 6.07) is 8.19. The summed E-state index contributed by atoms with van der Waals surface area (Å²) in [7, 11) is -2.07. The highest BCUT2D eigenvalue weighted by Crippen LogP contribution is 2.29. The van der Waals surface area contributed by atoms with Crippen molar-refractivity contribution >= 4 is 15.7 Å². The van der Waals surface area contributed by atoms with Gasteiger partial charge in [0.15, 0.2) is 0 Å². The maximum Gasteiger partial charge on any atom is 0.261 e. The van der Waals surface area contributed by atoms with Crippen molar-refractivity contribution in [3.05, 3.63) is 47.8 Å². The highest BCUT2D eigenvalue weighted by molar-refractivity contribution is 7.92. The summed E-state index contributed by atoms with van der Waals surface area (Å²) in [6.07, 6.45) is 1.57. The second kappa shape index (κ2) is 6.36. The minimum atomic E-state index is -3.64. The number of rotatable bonds is 5. The predicted molar refractivity (Wildman–Crippen MR) is 86.9 cm³/mol. The summed E-state index contributed by atoms with van der Waals surface area (Å²) in [5, 5.41) is 0. The number of aryl methyl sites for hydroxylation is 1. The monoisotopic (exact) mass is 320 g/mol. The fourth-order valence-electron chi connectivity index (χ4n) is 2.15. The minimum Gasteiger partial charge on any atom is -0.496 e. The number of benzene rings is 1. The van der Waals surface area contributed by atoms with Gasteiger partial charge in [0.1, 0.15) is 5.75 Å². The summed E-state index contributed by atoms with van der Waals surface area (Å²) in [4.78, 5) is 4.27. The van der Waals surface area contributed by atoms with E-state index in [2.05, 4.69) is 9.71 Å². The molecule has 0 radical (unpaired) electrons. The number of methoxy groups -OCH3 is 1. The van der Waals surface area contributed by atoms with Gasteiger partial charge in [-0.15, -0.1) is 0 Å². The molecule has 2 aromatic rings. The number of aromatic nitrogens is 1. The second-order valence-electron chi connectivity index (χ2n) is 5.35. The Kier molecular flexibility index (Phi) is 4.71. The Hall–Kier alpha value is -2.08. The predicted octanol–water partition coefficient (Wildman–Crippen LogP) is 3.32. The Morgan fingerprint density at radius 2 is 1.91 bits per heavy atom. The molecule has 6 heteroatoms. The van der Waals surface area contributed by atoms with E-state index in [9.17, 15) is 8.42 Å². The van der Waals surface area contributed by atoms with E-state index in [1.807, 2.05) is 20.8 Å². The Labute approximate surface area is 131 Å². The smallest absolute Gasteiger partial charge is 0.261 e. The van der Waals surface area contributed by atoms with E-state index in [0.29, 0.717) is 11.4 Å². The molecule has 0 unspecified atom stereocenters. The van der Waals surface area contributed by atoms with Crippen molar-refractivity contribution in [2.75, 3.05) is 11.8 Å². The zero-order valence-corrected chi connectivity index (χ0v) is 13.9. The van der Waals surface area contributed by atoms with Gasteiger partial charge in [0.2, 0.25) is 0 Å². The first-order valence-electron chi connectivity index (χ1n) is 6.97. The molecule has 0 aliphatic carbocycles. The molecule has 0 spiro atoms. The van der Waals surface area contributed by atoms with Gasteiger partial charge in [-0.05, 0) is 48.7 Å². The summed E-state index contributed by atoms with van der Waals surface area (Å²) >= 11 is 0. The van der Waals surface area contributed by atoms with Crippen molar-refractivity contribution in [2.24, 2.45) is 0 Å². The van der Waals surface area contributed by atoms with Crippen LogP contribution in [0.4, 0.5) is 5.69 Å². The molecule has 0 aliphatic rings. The van der Waals surface area contributed by atoms with E-state index < -0.39 is 10.0 Å². The topological polar surface area (TPSA) is 68.3 Å². The Morgan fingerprint density at radius 1 is 1.18 bits per heavy atom. The minimum absolute atomic E-state index is 0.160. The molecule has 1 heterocycles. The van der Waals surface area contributed by atoms with Gasteiger partial charge in [0.25, 0.3) is 10.0 Å². The van der Waals surface area contributed by atoms with E-state index >= 15 is 0 Å². The average Bonchev–Trinajstić information content (AvgIpc) is 2.46. The molecule has 0 bridgehead atoms. The maximum absolute atomic E-state index is 12.5. The lowest BCUT2D eigenvalue weighted by Crippen LogP contribution is -2.13. The molecule has 1 aromatic carbocycles. The first kappa shape index (κ1) is 16.3. The van der Waals surface area contributed by atoms with E-state index in [0.717, 1.165) is 11.3 Å². The van der Waals surface area contributed by atoms with Gasteiger partial charge in [-0.2, -0.15) is 0 Å². The molecule has 0 saturated heterocycles. The number of ether oxygens (including phenoxy) is 1. The highest BCUT2D eigenvalue weighted by atomic mass is 32.2. The Balaban J connectivity index is 2.39. The zero-order chi connectivity index (χ0) is 16.3. The van der Waals surface area contributed by atoms with Gasteiger partial charge in [-0.1, -0.05) is 13.8 Å². The van der Waals surface area contributed by atoms with Gasteiger partial charge in [-0.25, -0.2) is 8.42 Å². The van der Waals surface area contributed by atoms with Gasteiger partial charge in [0.05, 0.1) is 17.7 Å². The quantitative estimate of drug-likeness (QED) is 0.917. The normalized spacial score (nSPS) is 11.5. The number of pyridine rings is 1. The fraction of sp³-hybridized carbons (Fsp3) is 0.312. The third-order valence-electron chi connectivity index (χ3n) is 3.28. The largest absolute Gasteiger partial charge is 0.496 e. The van der Waals surface area contributed by atoms with Crippen LogP contribution in [0, 0.1) is 6.92 Å². The first-order chi connectivity index (χ1) is 10.3. The Bertz CT molecular complexity index is 771. The van der Waals surface area contributed by atoms with E-state index in [1.165, 1.54) is 0 Å². The molecule has 0 atom stereocenters. The van der Waals surface area contributed by atoms with Crippen LogP contribution in [0.25, 0.3) is 0 Å². The number of hydrogen-bond donors (Lipinski definition) is 1. The molecule has 1 N–H and O–H groups in total. The molecule has 1 aromatic heterocycles. The summed E-state index contributed by atoms with van der Waals surface area (Å²) in [5.74, 6) is 0.849. The number of hydrogen-bond acceptors (Lipinski definition) is 4. The molecule has 0 saturated carbocycles. The maximum atomic E-state index is 12.5. The average molecular weight is 320 g/mol. The van der Waals surface area contributed by atoms with E-state index in [4.69, 9.17) is 4.74 Å². The van der Waals surface area contributed by atoms with Crippen molar-refractivity contribution in [1.29, 1.82) is 0 Å². The standard InChI is InChI=1S/C16H20N2O3S/c1-11(2)15-10-14(5-6-16(15)21-4)22(19,20)18-13-7-8-17-12(3)9-13/h5-11H,1-4H3,(H,17,18). The van der Waals surface area contributed by atoms with Crippen molar-refractivity contribution in [3.63, 3.8) is 0 Å². The van der Waals surface area contributed by atoms with Crippen molar-refractivity contribution in [1.82, 2.24) is 4.98 Å². The van der Waals surface area contributed by atoms with Crippen molar-refractivity contribution in [3.8, 4) is 5.75 Å². The number of nitrogens with one attached hydrogen (secondary N) is 1. The summed E-state index contributed by atoms with van der Waals surface area (Å²) in [6.45, 7) is 5.80. The van der Waals surface area contributed by atoms with Crippen LogP contribution in [-0.4, -0.2) is 20.5 Å². The molecule has 118 valence electrons. The lowest BCUT2D eigenvalue weighted by Gasteiger charge is -2.14. The van der Waals surface area contributed by atoms with Gasteiger partial charge in [-0.3, -0.25) is 9.71 Å². The first-order valence-corrected chi connectivity index (χ1v) is 8.45. The molecular formula is C16H20N2O3S. The fourth-order valence-corrected chi connectivity index (χ4v) is 3.24. The van der Waals surface area contributed by atoms with Crippen molar-refractivity contribution in [2.45, 2.75) is 31.6 Å². The second-order valence-corrected chi connectivity index (χ2v) is 7.03. The molecule has 2 rings (SSSR count). The molecule has 5 nitrogen and oxygen atoms in total. The van der Waals surface area contributed by atoms with Gasteiger partial charge >= 0.3 is 0 Å². The lowest BCUT2D eigenvalue weighted by atomic mass is 10.0. The SMILES string of the molecule is COc1ccc(S(=O)(=O)Nc2ccnc(C)c2)cc1C(C)C. The highest BCUT2D eigenvalue weighted by Gasteiger charge is 2.18. The van der Waals surface area contributed by atoms with Gasteiger partial charge in [0, 0.05) is 11.9 Å². The van der Waals surface area contributed by atoms with Gasteiger partial charge < -0.3 is 4.74 Å². The van der Waals surface area contributed by atoms with Crippen LogP contribution in [0.2, 0.25) is 0 Å². The number of anilines is 1. The summed E-state index contributed by atoms with van der Waals surface area (Å²) < 4.78 is 32.9. The zero-order valence-electron chi connectivity index (χ0n) is 13.1. The summed E-state index contributed by atoms with van der Waals surface area (Å²) in [5.41, 5.74) is 2.10. The number of nitrogens with zero attached hydrogens (tertiary/aromatic N) is 1.